The van der Waals surface area contributed by atoms with Crippen molar-refractivity contribution >= 4 is 35.6 Å². The molecule has 0 aromatic rings. The highest BCUT2D eigenvalue weighted by Gasteiger charge is 2.82. The molecule has 9 atom stereocenters. The normalized spacial score (nSPS) is 38.4. The van der Waals surface area contributed by atoms with Crippen LogP contribution >= 0.6 is 0 Å². The Morgan fingerprint density at radius 1 is 1.18 bits per heavy atom. The third-order valence-electron chi connectivity index (χ3n) is 10.2. The molecule has 0 radical (unpaired) electrons. The SMILES string of the molecule is COC(=O)[C@@]12C[C@H](O)C3[C@@]4(C)CC(=O)C(OC(=O)CNC(=O)CN)=C(C)C4C[C@H]4OC(=O)[C@H](OC(=O)C=C(C)C)[C@@H]1[C@@]34CO2. The number of esters is 4. The summed E-state index contributed by atoms with van der Waals surface area (Å²) in [7, 11) is 1.17. The minimum absolute atomic E-state index is 0.120. The number of carbonyl (C=O) groups is 6. The monoisotopic (exact) mass is 618 g/mol. The molecule has 0 aromatic heterocycles. The van der Waals surface area contributed by atoms with Crippen molar-refractivity contribution in [1.29, 1.82) is 0 Å². The van der Waals surface area contributed by atoms with E-state index in [-0.39, 0.29) is 38.2 Å². The third-order valence-corrected chi connectivity index (χ3v) is 10.2. The van der Waals surface area contributed by atoms with Gasteiger partial charge in [-0.05, 0) is 44.1 Å². The second kappa shape index (κ2) is 11.1. The van der Waals surface area contributed by atoms with E-state index in [1.807, 2.05) is 6.92 Å². The molecule has 2 heterocycles. The minimum atomic E-state index is -1.81. The maximum atomic E-state index is 13.6. The summed E-state index contributed by atoms with van der Waals surface area (Å²) in [6, 6.07) is 0. The highest BCUT2D eigenvalue weighted by Crippen LogP contribution is 2.72. The number of hydrogen-bond donors (Lipinski definition) is 3. The molecule has 240 valence electrons. The van der Waals surface area contributed by atoms with Crippen LogP contribution in [0.5, 0.6) is 0 Å². The molecule has 2 unspecified atom stereocenters. The Morgan fingerprint density at radius 3 is 2.52 bits per heavy atom. The fourth-order valence-corrected chi connectivity index (χ4v) is 8.81. The summed E-state index contributed by atoms with van der Waals surface area (Å²) in [5, 5.41) is 14.1. The molecular weight excluding hydrogens is 580 g/mol. The zero-order chi connectivity index (χ0) is 32.4. The van der Waals surface area contributed by atoms with Crippen LogP contribution in [-0.2, 0) is 52.5 Å². The van der Waals surface area contributed by atoms with Gasteiger partial charge in [-0.3, -0.25) is 9.59 Å². The molecule has 4 N–H and O–H groups in total. The van der Waals surface area contributed by atoms with Crippen LogP contribution in [0.4, 0.5) is 0 Å². The van der Waals surface area contributed by atoms with Gasteiger partial charge in [0.1, 0.15) is 12.6 Å². The standard InChI is InChI=1S/C30H38N2O12/c1-13(2)6-20(36)43-23-25-29-12-41-30(25,27(39)40-5)9-17(34)24(29)28(4)8-16(33)22(44-21(37)11-32-19(35)10-31)14(3)15(28)7-18(29)42-26(23)38/h6,15,17-18,23-25,34H,7-12,31H2,1-5H3,(H,32,35)/t15?,17-,18+,23+,24?,25+,28-,29+,30+/m0/s1. The number of amides is 1. The molecule has 14 nitrogen and oxygen atoms in total. The van der Waals surface area contributed by atoms with Gasteiger partial charge in [0.15, 0.2) is 17.1 Å². The summed E-state index contributed by atoms with van der Waals surface area (Å²) in [4.78, 5) is 77.4. The number of aliphatic hydroxyl groups is 1. The van der Waals surface area contributed by atoms with Crippen LogP contribution in [0.25, 0.3) is 0 Å². The smallest absolute Gasteiger partial charge is 0.348 e. The second-order valence-electron chi connectivity index (χ2n) is 12.9. The van der Waals surface area contributed by atoms with Crippen molar-refractivity contribution in [3.8, 4) is 0 Å². The lowest BCUT2D eigenvalue weighted by Crippen LogP contribution is -2.75. The van der Waals surface area contributed by atoms with Crippen LogP contribution < -0.4 is 11.1 Å². The first-order valence-corrected chi connectivity index (χ1v) is 14.5. The van der Waals surface area contributed by atoms with Crippen molar-refractivity contribution < 1.29 is 57.6 Å². The maximum absolute atomic E-state index is 13.6. The summed E-state index contributed by atoms with van der Waals surface area (Å²) in [6.07, 6.45) is -2.69. The van der Waals surface area contributed by atoms with E-state index in [9.17, 15) is 33.9 Å². The van der Waals surface area contributed by atoms with E-state index in [0.29, 0.717) is 11.1 Å². The minimum Gasteiger partial charge on any atom is -0.467 e. The number of methoxy groups -OCH3 is 1. The van der Waals surface area contributed by atoms with Crippen LogP contribution in [0.2, 0.25) is 0 Å². The number of hydrogen-bond acceptors (Lipinski definition) is 13. The Kier molecular flexibility index (Phi) is 8.00. The number of Topliss-reactive ketones (excluding diaryl/α,β-unsaturated/α-hetero) is 1. The molecule has 5 aliphatic rings. The lowest BCUT2D eigenvalue weighted by molar-refractivity contribution is -0.269. The molecule has 1 amide bonds. The first-order chi connectivity index (χ1) is 20.7. The van der Waals surface area contributed by atoms with Gasteiger partial charge in [-0.25, -0.2) is 19.2 Å². The van der Waals surface area contributed by atoms with Gasteiger partial charge in [0.05, 0.1) is 32.3 Å². The molecule has 5 rings (SSSR count). The quantitative estimate of drug-likeness (QED) is 0.189. The molecule has 2 bridgehead atoms. The first-order valence-electron chi connectivity index (χ1n) is 14.5. The molecule has 2 aliphatic heterocycles. The van der Waals surface area contributed by atoms with Crippen molar-refractivity contribution in [3.63, 3.8) is 0 Å². The number of allylic oxidation sites excluding steroid dienone is 3. The average Bonchev–Trinajstić information content (AvgIpc) is 3.20. The van der Waals surface area contributed by atoms with E-state index in [4.69, 9.17) is 29.4 Å². The van der Waals surface area contributed by atoms with Gasteiger partial charge in [-0.2, -0.15) is 0 Å². The maximum Gasteiger partial charge on any atom is 0.348 e. The topological polar surface area (TPSA) is 207 Å². The van der Waals surface area contributed by atoms with Gasteiger partial charge in [0, 0.05) is 30.3 Å². The molecule has 44 heavy (non-hydrogen) atoms. The summed E-state index contributed by atoms with van der Waals surface area (Å²) >= 11 is 0. The van der Waals surface area contributed by atoms with Crippen LogP contribution in [0.15, 0.2) is 23.0 Å². The van der Waals surface area contributed by atoms with E-state index >= 15 is 0 Å². The molecule has 1 spiro atoms. The van der Waals surface area contributed by atoms with Crippen LogP contribution in [0, 0.1) is 28.6 Å². The van der Waals surface area contributed by atoms with Crippen LogP contribution in [0.3, 0.4) is 0 Å². The van der Waals surface area contributed by atoms with E-state index < -0.39 is 94.6 Å². The van der Waals surface area contributed by atoms with Gasteiger partial charge in [-0.1, -0.05) is 12.5 Å². The predicted molar refractivity (Wildman–Crippen MR) is 147 cm³/mol. The van der Waals surface area contributed by atoms with E-state index in [1.54, 1.807) is 20.8 Å². The largest absolute Gasteiger partial charge is 0.467 e. The number of ketones is 1. The van der Waals surface area contributed by atoms with Crippen molar-refractivity contribution in [2.75, 3.05) is 26.8 Å². The second-order valence-corrected chi connectivity index (χ2v) is 12.9. The Hall–Kier alpha value is -3.62. The van der Waals surface area contributed by atoms with Crippen molar-refractivity contribution in [2.45, 2.75) is 70.9 Å². The van der Waals surface area contributed by atoms with Crippen molar-refractivity contribution in [3.05, 3.63) is 23.0 Å². The van der Waals surface area contributed by atoms with E-state index in [1.165, 1.54) is 13.2 Å². The molecule has 4 fully saturated rings. The third kappa shape index (κ3) is 4.57. The number of ether oxygens (including phenoxy) is 5. The highest BCUT2D eigenvalue weighted by molar-refractivity contribution is 5.98. The summed E-state index contributed by atoms with van der Waals surface area (Å²) in [5.74, 6) is -6.89. The summed E-state index contributed by atoms with van der Waals surface area (Å²) in [5.41, 5.74) is 2.32. The van der Waals surface area contributed by atoms with Crippen LogP contribution in [0.1, 0.15) is 47.0 Å². The van der Waals surface area contributed by atoms with Crippen molar-refractivity contribution in [2.24, 2.45) is 34.3 Å². The zero-order valence-corrected chi connectivity index (χ0v) is 25.3. The van der Waals surface area contributed by atoms with Gasteiger partial charge in [0.2, 0.25) is 12.0 Å². The summed E-state index contributed by atoms with van der Waals surface area (Å²) in [6.45, 7) is 5.93. The average molecular weight is 619 g/mol. The van der Waals surface area contributed by atoms with Gasteiger partial charge in [-0.15, -0.1) is 0 Å². The van der Waals surface area contributed by atoms with E-state index in [2.05, 4.69) is 5.32 Å². The molecule has 2 saturated carbocycles. The van der Waals surface area contributed by atoms with Gasteiger partial charge >= 0.3 is 23.9 Å². The van der Waals surface area contributed by atoms with Gasteiger partial charge < -0.3 is 39.8 Å². The number of nitrogens with two attached hydrogens (primary N) is 1. The van der Waals surface area contributed by atoms with E-state index in [0.717, 1.165) is 0 Å². The Morgan fingerprint density at radius 2 is 1.89 bits per heavy atom. The number of aliphatic hydroxyl groups excluding tert-OH is 1. The molecule has 2 saturated heterocycles. The predicted octanol–water partition coefficient (Wildman–Crippen LogP) is -0.394. The fourth-order valence-electron chi connectivity index (χ4n) is 8.81. The lowest BCUT2D eigenvalue weighted by Gasteiger charge is -2.66. The number of fused-ring (bicyclic) bond motifs is 2. The fraction of sp³-hybridized carbons (Fsp3) is 0.667. The first kappa shape index (κ1) is 31.8. The van der Waals surface area contributed by atoms with Crippen molar-refractivity contribution in [1.82, 2.24) is 5.32 Å². The Bertz CT molecular complexity index is 1380. The number of rotatable bonds is 7. The number of nitrogens with one attached hydrogen (secondary N) is 1. The molecular formula is C30H38N2O12. The Balaban J connectivity index is 1.58. The lowest BCUT2D eigenvalue weighted by atomic mass is 9.38. The number of carbonyl (C=O) groups excluding carboxylic acids is 6. The summed E-state index contributed by atoms with van der Waals surface area (Å²) < 4.78 is 28.4. The highest BCUT2D eigenvalue weighted by atomic mass is 16.6. The van der Waals surface area contributed by atoms with Gasteiger partial charge in [0.25, 0.3) is 0 Å². The Labute approximate surface area is 253 Å². The molecule has 14 heteroatoms. The molecule has 0 aromatic carbocycles. The molecule has 3 aliphatic carbocycles. The zero-order valence-electron chi connectivity index (χ0n) is 25.3. The van der Waals surface area contributed by atoms with Crippen LogP contribution in [-0.4, -0.2) is 91.4 Å².